The second-order valence-electron chi connectivity index (χ2n) is 5.91. The van der Waals surface area contributed by atoms with E-state index in [1.807, 2.05) is 35.4 Å². The standard InChI is InChI=1S/C18H17ClN2O2/c1-18(2)9-11-21(14-8-10-20-16(19)15(14)18)13-7-5-4-6-12(13)17(22)23-3/h4-11H,1-3H3. The maximum atomic E-state index is 12.1. The number of hydrogen-bond donors (Lipinski definition) is 0. The lowest BCUT2D eigenvalue weighted by atomic mass is 9.82. The van der Waals surface area contributed by atoms with E-state index >= 15 is 0 Å². The van der Waals surface area contributed by atoms with Crippen LogP contribution in [0, 0.1) is 0 Å². The van der Waals surface area contributed by atoms with Gasteiger partial charge in [-0.1, -0.05) is 43.7 Å². The number of halogens is 1. The summed E-state index contributed by atoms with van der Waals surface area (Å²) in [6.45, 7) is 4.17. The van der Waals surface area contributed by atoms with Crippen molar-refractivity contribution in [1.82, 2.24) is 4.98 Å². The molecule has 3 rings (SSSR count). The van der Waals surface area contributed by atoms with Crippen LogP contribution >= 0.6 is 11.6 Å². The molecule has 0 saturated heterocycles. The van der Waals surface area contributed by atoms with Gasteiger partial charge >= 0.3 is 5.97 Å². The number of pyridine rings is 1. The number of fused-ring (bicyclic) bond motifs is 1. The van der Waals surface area contributed by atoms with Crippen molar-refractivity contribution in [3.63, 3.8) is 0 Å². The molecule has 0 spiro atoms. The Morgan fingerprint density at radius 2 is 1.96 bits per heavy atom. The van der Waals surface area contributed by atoms with E-state index in [1.165, 1.54) is 7.11 Å². The van der Waals surface area contributed by atoms with Gasteiger partial charge < -0.3 is 9.64 Å². The largest absolute Gasteiger partial charge is 0.465 e. The van der Waals surface area contributed by atoms with Crippen molar-refractivity contribution in [2.75, 3.05) is 12.0 Å². The molecule has 0 N–H and O–H groups in total. The minimum atomic E-state index is -0.375. The van der Waals surface area contributed by atoms with Crippen LogP contribution in [-0.4, -0.2) is 18.1 Å². The summed E-state index contributed by atoms with van der Waals surface area (Å²) in [5.74, 6) is -0.375. The van der Waals surface area contributed by atoms with Crippen LogP contribution in [0.15, 0.2) is 48.8 Å². The topological polar surface area (TPSA) is 42.4 Å². The molecular formula is C18H17ClN2O2. The van der Waals surface area contributed by atoms with E-state index in [0.717, 1.165) is 16.9 Å². The predicted octanol–water partition coefficient (Wildman–Crippen LogP) is 4.46. The maximum Gasteiger partial charge on any atom is 0.339 e. The van der Waals surface area contributed by atoms with Gasteiger partial charge in [-0.3, -0.25) is 0 Å². The number of aromatic nitrogens is 1. The minimum absolute atomic E-state index is 0.239. The van der Waals surface area contributed by atoms with E-state index in [1.54, 1.807) is 12.3 Å². The molecule has 0 radical (unpaired) electrons. The van der Waals surface area contributed by atoms with Crippen molar-refractivity contribution >= 4 is 28.9 Å². The van der Waals surface area contributed by atoms with Crippen LogP contribution in [0.1, 0.15) is 29.8 Å². The van der Waals surface area contributed by atoms with Crippen LogP contribution in [0.25, 0.3) is 0 Å². The summed E-state index contributed by atoms with van der Waals surface area (Å²) >= 11 is 6.35. The number of carbonyl (C=O) groups is 1. The molecule has 1 aliphatic rings. The maximum absolute atomic E-state index is 12.1. The van der Waals surface area contributed by atoms with Gasteiger partial charge in [-0.05, 0) is 18.2 Å². The van der Waals surface area contributed by atoms with Crippen LogP contribution in [0.3, 0.4) is 0 Å². The number of para-hydroxylation sites is 1. The van der Waals surface area contributed by atoms with E-state index < -0.39 is 0 Å². The zero-order valence-corrected chi connectivity index (χ0v) is 14.0. The van der Waals surface area contributed by atoms with Crippen LogP contribution in [0.2, 0.25) is 5.15 Å². The fourth-order valence-electron chi connectivity index (χ4n) is 2.82. The Hall–Kier alpha value is -2.33. The van der Waals surface area contributed by atoms with E-state index in [0.29, 0.717) is 10.7 Å². The summed E-state index contributed by atoms with van der Waals surface area (Å²) in [5.41, 5.74) is 2.85. The van der Waals surface area contributed by atoms with Crippen molar-refractivity contribution in [3.05, 3.63) is 65.1 Å². The first-order valence-corrected chi connectivity index (χ1v) is 7.64. The number of rotatable bonds is 2. The van der Waals surface area contributed by atoms with Crippen molar-refractivity contribution in [1.29, 1.82) is 0 Å². The molecule has 0 atom stereocenters. The number of nitrogens with zero attached hydrogens (tertiary/aromatic N) is 2. The van der Waals surface area contributed by atoms with Gasteiger partial charge in [-0.25, -0.2) is 9.78 Å². The average molecular weight is 329 g/mol. The Kier molecular flexibility index (Phi) is 3.86. The van der Waals surface area contributed by atoms with Gasteiger partial charge in [0.25, 0.3) is 0 Å². The molecule has 4 nitrogen and oxygen atoms in total. The summed E-state index contributed by atoms with van der Waals surface area (Å²) in [6.07, 6.45) is 5.68. The fourth-order valence-corrected chi connectivity index (χ4v) is 3.22. The molecule has 118 valence electrons. The fraction of sp³-hybridized carbons (Fsp3) is 0.222. The predicted molar refractivity (Wildman–Crippen MR) is 91.3 cm³/mol. The monoisotopic (exact) mass is 328 g/mol. The quantitative estimate of drug-likeness (QED) is 0.602. The van der Waals surface area contributed by atoms with Crippen LogP contribution in [0.4, 0.5) is 11.4 Å². The molecule has 1 aromatic carbocycles. The molecule has 2 aromatic rings. The van der Waals surface area contributed by atoms with Crippen molar-refractivity contribution in [2.24, 2.45) is 0 Å². The molecule has 0 amide bonds. The van der Waals surface area contributed by atoms with Crippen molar-refractivity contribution < 1.29 is 9.53 Å². The third-order valence-corrected chi connectivity index (χ3v) is 4.28. The number of carbonyl (C=O) groups excluding carboxylic acids is 1. The summed E-state index contributed by atoms with van der Waals surface area (Å²) in [5, 5.41) is 0.470. The summed E-state index contributed by atoms with van der Waals surface area (Å²) < 4.78 is 4.89. The lowest BCUT2D eigenvalue weighted by molar-refractivity contribution is 0.0601. The Labute approximate surface area is 140 Å². The second-order valence-corrected chi connectivity index (χ2v) is 6.27. The SMILES string of the molecule is COC(=O)c1ccccc1N1C=CC(C)(C)c2c1ccnc2Cl. The highest BCUT2D eigenvalue weighted by atomic mass is 35.5. The molecule has 0 aliphatic carbocycles. The van der Waals surface area contributed by atoms with E-state index in [-0.39, 0.29) is 11.4 Å². The number of ether oxygens (including phenoxy) is 1. The molecule has 1 aliphatic heterocycles. The minimum Gasteiger partial charge on any atom is -0.465 e. The van der Waals surface area contributed by atoms with Crippen LogP contribution in [-0.2, 0) is 10.2 Å². The Morgan fingerprint density at radius 1 is 1.22 bits per heavy atom. The number of hydrogen-bond acceptors (Lipinski definition) is 4. The third kappa shape index (κ3) is 2.59. The highest BCUT2D eigenvalue weighted by molar-refractivity contribution is 6.30. The van der Waals surface area contributed by atoms with E-state index in [9.17, 15) is 4.79 Å². The molecule has 5 heteroatoms. The smallest absolute Gasteiger partial charge is 0.339 e. The van der Waals surface area contributed by atoms with Crippen LogP contribution in [0.5, 0.6) is 0 Å². The van der Waals surface area contributed by atoms with E-state index in [4.69, 9.17) is 16.3 Å². The Balaban J connectivity index is 2.21. The highest BCUT2D eigenvalue weighted by Gasteiger charge is 2.31. The van der Waals surface area contributed by atoms with Gasteiger partial charge in [0.2, 0.25) is 0 Å². The molecule has 0 bridgehead atoms. The Morgan fingerprint density at radius 3 is 2.70 bits per heavy atom. The summed E-state index contributed by atoms with van der Waals surface area (Å²) in [4.78, 5) is 18.2. The van der Waals surface area contributed by atoms with Gasteiger partial charge in [0.1, 0.15) is 5.15 Å². The zero-order valence-electron chi connectivity index (χ0n) is 13.2. The van der Waals surface area contributed by atoms with Gasteiger partial charge in [-0.15, -0.1) is 0 Å². The first-order valence-electron chi connectivity index (χ1n) is 7.26. The molecular weight excluding hydrogens is 312 g/mol. The number of methoxy groups -OCH3 is 1. The lowest BCUT2D eigenvalue weighted by Crippen LogP contribution is -2.27. The molecule has 1 aromatic heterocycles. The van der Waals surface area contributed by atoms with Gasteiger partial charge in [0.05, 0.1) is 24.0 Å². The average Bonchev–Trinajstić information content (AvgIpc) is 2.54. The first kappa shape index (κ1) is 15.6. The molecule has 0 unspecified atom stereocenters. The lowest BCUT2D eigenvalue weighted by Gasteiger charge is -2.35. The third-order valence-electron chi connectivity index (χ3n) is 4.00. The van der Waals surface area contributed by atoms with E-state index in [2.05, 4.69) is 24.9 Å². The number of anilines is 2. The highest BCUT2D eigenvalue weighted by Crippen LogP contribution is 2.44. The molecule has 2 heterocycles. The van der Waals surface area contributed by atoms with Crippen molar-refractivity contribution in [2.45, 2.75) is 19.3 Å². The second kappa shape index (κ2) is 5.70. The number of esters is 1. The number of benzene rings is 1. The molecule has 23 heavy (non-hydrogen) atoms. The molecule has 0 saturated carbocycles. The Bertz CT molecular complexity index is 799. The van der Waals surface area contributed by atoms with Crippen molar-refractivity contribution in [3.8, 4) is 0 Å². The van der Waals surface area contributed by atoms with Gasteiger partial charge in [0.15, 0.2) is 0 Å². The zero-order chi connectivity index (χ0) is 16.6. The summed E-state index contributed by atoms with van der Waals surface area (Å²) in [6, 6.07) is 9.23. The normalized spacial score (nSPS) is 15.2. The first-order chi connectivity index (χ1) is 11.0. The van der Waals surface area contributed by atoms with Gasteiger partial charge in [0, 0.05) is 23.4 Å². The summed E-state index contributed by atoms with van der Waals surface area (Å²) in [7, 11) is 1.38. The van der Waals surface area contributed by atoms with Crippen LogP contribution < -0.4 is 4.90 Å². The number of allylic oxidation sites excluding steroid dienone is 1. The molecule has 0 fully saturated rings. The van der Waals surface area contributed by atoms with Gasteiger partial charge in [-0.2, -0.15) is 0 Å².